The molecule has 1 unspecified atom stereocenters. The molecular weight excluding hydrogens is 234 g/mol. The van der Waals surface area contributed by atoms with E-state index in [1.807, 2.05) is 12.1 Å². The number of nitrogens with zero attached hydrogens (tertiary/aromatic N) is 1. The van der Waals surface area contributed by atoms with Gasteiger partial charge in [-0.15, -0.1) is 0 Å². The molecule has 3 rings (SSSR count). The molecule has 1 aromatic carbocycles. The maximum absolute atomic E-state index is 5.21. The van der Waals surface area contributed by atoms with Crippen LogP contribution >= 0.6 is 0 Å². The smallest absolute Gasteiger partial charge is 0.118 e. The van der Waals surface area contributed by atoms with Crippen molar-refractivity contribution in [3.05, 3.63) is 41.0 Å². The van der Waals surface area contributed by atoms with Gasteiger partial charge in [0.15, 0.2) is 0 Å². The molecule has 1 radical (unpaired) electrons. The largest absolute Gasteiger partial charge is 0.497 e. The van der Waals surface area contributed by atoms with Gasteiger partial charge in [0.05, 0.1) is 7.11 Å². The molecule has 1 aromatic rings. The lowest BCUT2D eigenvalue weighted by Crippen LogP contribution is -2.34. The molecule has 1 heterocycles. The van der Waals surface area contributed by atoms with Gasteiger partial charge in [0, 0.05) is 12.6 Å². The van der Waals surface area contributed by atoms with E-state index >= 15 is 0 Å². The molecule has 2 nitrogen and oxygen atoms in total. The average molecular weight is 256 g/mol. The van der Waals surface area contributed by atoms with Gasteiger partial charge in [0.1, 0.15) is 5.75 Å². The lowest BCUT2D eigenvalue weighted by atomic mass is 9.81. The summed E-state index contributed by atoms with van der Waals surface area (Å²) >= 11 is 0. The van der Waals surface area contributed by atoms with Gasteiger partial charge < -0.3 is 4.74 Å². The van der Waals surface area contributed by atoms with E-state index in [1.165, 1.54) is 37.7 Å². The summed E-state index contributed by atoms with van der Waals surface area (Å²) in [5, 5.41) is 4.86. The highest BCUT2D eigenvalue weighted by atomic mass is 16.5. The first-order chi connectivity index (χ1) is 9.36. The van der Waals surface area contributed by atoms with Crippen LogP contribution in [0.2, 0.25) is 0 Å². The molecule has 0 N–H and O–H groups in total. The topological polar surface area (TPSA) is 23.3 Å². The maximum atomic E-state index is 5.21. The van der Waals surface area contributed by atoms with Gasteiger partial charge in [-0.05, 0) is 56.2 Å². The van der Waals surface area contributed by atoms with Crippen molar-refractivity contribution in [1.29, 1.82) is 0 Å². The van der Waals surface area contributed by atoms with Gasteiger partial charge in [-0.25, -0.2) is 5.32 Å². The summed E-state index contributed by atoms with van der Waals surface area (Å²) in [6, 6.07) is 8.89. The number of ether oxygens (including phenoxy) is 1. The minimum Gasteiger partial charge on any atom is -0.497 e. The third-order valence-corrected chi connectivity index (χ3v) is 4.38. The third kappa shape index (κ3) is 2.84. The number of benzene rings is 1. The summed E-state index contributed by atoms with van der Waals surface area (Å²) in [7, 11) is 1.71. The molecule has 1 aliphatic carbocycles. The summed E-state index contributed by atoms with van der Waals surface area (Å²) in [4.78, 5) is 0. The fourth-order valence-corrected chi connectivity index (χ4v) is 3.32. The van der Waals surface area contributed by atoms with E-state index in [0.29, 0.717) is 6.04 Å². The molecule has 0 saturated carbocycles. The minimum absolute atomic E-state index is 0.442. The Kier molecular flexibility index (Phi) is 3.88. The lowest BCUT2D eigenvalue weighted by molar-refractivity contribution is 0.414. The summed E-state index contributed by atoms with van der Waals surface area (Å²) in [5.41, 5.74) is 4.75. The van der Waals surface area contributed by atoms with E-state index in [4.69, 9.17) is 10.1 Å². The highest BCUT2D eigenvalue weighted by Crippen LogP contribution is 2.33. The SMILES string of the molecule is COc1ccc(CC2[N]CCC3=C2CCCC3)cc1. The number of hydrogen-bond donors (Lipinski definition) is 0. The molecular formula is C17H22NO. The minimum atomic E-state index is 0.442. The van der Waals surface area contributed by atoms with Crippen LogP contribution in [0.3, 0.4) is 0 Å². The Hall–Kier alpha value is -1.28. The molecule has 0 bridgehead atoms. The molecule has 0 amide bonds. The van der Waals surface area contributed by atoms with Gasteiger partial charge in [-0.3, -0.25) is 0 Å². The summed E-state index contributed by atoms with van der Waals surface area (Å²) in [5.74, 6) is 0.932. The lowest BCUT2D eigenvalue weighted by Gasteiger charge is -2.32. The molecule has 2 aliphatic rings. The molecule has 101 valence electrons. The van der Waals surface area contributed by atoms with Crippen molar-refractivity contribution in [3.63, 3.8) is 0 Å². The molecule has 19 heavy (non-hydrogen) atoms. The quantitative estimate of drug-likeness (QED) is 0.759. The van der Waals surface area contributed by atoms with Crippen molar-refractivity contribution in [2.45, 2.75) is 44.6 Å². The average Bonchev–Trinajstić information content (AvgIpc) is 2.48. The van der Waals surface area contributed by atoms with E-state index in [1.54, 1.807) is 18.3 Å². The zero-order valence-corrected chi connectivity index (χ0v) is 11.7. The van der Waals surface area contributed by atoms with Crippen LogP contribution in [0.5, 0.6) is 5.75 Å². The van der Waals surface area contributed by atoms with Crippen LogP contribution in [-0.2, 0) is 6.42 Å². The second-order valence-electron chi connectivity index (χ2n) is 5.56. The van der Waals surface area contributed by atoms with Crippen LogP contribution in [0.1, 0.15) is 37.7 Å². The Labute approximate surface area is 115 Å². The molecule has 0 aromatic heterocycles. The first kappa shape index (κ1) is 12.7. The van der Waals surface area contributed by atoms with Gasteiger partial charge >= 0.3 is 0 Å². The fourth-order valence-electron chi connectivity index (χ4n) is 3.32. The molecule has 0 spiro atoms. The summed E-state index contributed by atoms with van der Waals surface area (Å²) in [6.07, 6.45) is 7.61. The van der Waals surface area contributed by atoms with Crippen molar-refractivity contribution < 1.29 is 4.74 Å². The van der Waals surface area contributed by atoms with Crippen LogP contribution in [0.25, 0.3) is 0 Å². The number of methoxy groups -OCH3 is 1. The van der Waals surface area contributed by atoms with Gasteiger partial charge in [0.25, 0.3) is 0 Å². The Morgan fingerprint density at radius 1 is 1.11 bits per heavy atom. The second kappa shape index (κ2) is 5.79. The van der Waals surface area contributed by atoms with Crippen LogP contribution in [0.15, 0.2) is 35.4 Å². The first-order valence-corrected chi connectivity index (χ1v) is 7.37. The van der Waals surface area contributed by atoms with Crippen molar-refractivity contribution in [2.24, 2.45) is 0 Å². The summed E-state index contributed by atoms with van der Waals surface area (Å²) < 4.78 is 5.21. The molecule has 1 atom stereocenters. The summed E-state index contributed by atoms with van der Waals surface area (Å²) in [6.45, 7) is 1.03. The predicted molar refractivity (Wildman–Crippen MR) is 77.6 cm³/mol. The van der Waals surface area contributed by atoms with Crippen molar-refractivity contribution in [2.75, 3.05) is 13.7 Å². The van der Waals surface area contributed by atoms with Crippen molar-refractivity contribution >= 4 is 0 Å². The van der Waals surface area contributed by atoms with Crippen LogP contribution in [-0.4, -0.2) is 19.7 Å². The molecule has 1 aliphatic heterocycles. The predicted octanol–water partition coefficient (Wildman–Crippen LogP) is 3.49. The normalized spacial score (nSPS) is 23.1. The van der Waals surface area contributed by atoms with Crippen LogP contribution < -0.4 is 10.1 Å². The molecule has 0 fully saturated rings. The highest BCUT2D eigenvalue weighted by molar-refractivity contribution is 5.31. The van der Waals surface area contributed by atoms with Crippen molar-refractivity contribution in [1.82, 2.24) is 5.32 Å². The Bertz CT molecular complexity index is 457. The highest BCUT2D eigenvalue weighted by Gasteiger charge is 2.25. The number of hydrogen-bond acceptors (Lipinski definition) is 1. The maximum Gasteiger partial charge on any atom is 0.118 e. The zero-order valence-electron chi connectivity index (χ0n) is 11.7. The van der Waals surface area contributed by atoms with Gasteiger partial charge in [-0.2, -0.15) is 0 Å². The van der Waals surface area contributed by atoms with Crippen LogP contribution in [0.4, 0.5) is 0 Å². The Morgan fingerprint density at radius 2 is 1.89 bits per heavy atom. The second-order valence-corrected chi connectivity index (χ2v) is 5.56. The third-order valence-electron chi connectivity index (χ3n) is 4.38. The number of rotatable bonds is 3. The van der Waals surface area contributed by atoms with Crippen LogP contribution in [0, 0.1) is 0 Å². The zero-order chi connectivity index (χ0) is 13.1. The first-order valence-electron chi connectivity index (χ1n) is 7.37. The molecule has 2 heteroatoms. The van der Waals surface area contributed by atoms with E-state index in [9.17, 15) is 0 Å². The van der Waals surface area contributed by atoms with E-state index in [-0.39, 0.29) is 0 Å². The standard InChI is InChI=1S/C17H22NO/c1-19-15-8-6-13(7-9-15)12-17-16-5-3-2-4-14(16)10-11-18-17/h6-9,17H,2-5,10-12H2,1H3. The fraction of sp³-hybridized carbons (Fsp3) is 0.529. The van der Waals surface area contributed by atoms with E-state index in [0.717, 1.165) is 18.7 Å². The molecule has 0 saturated heterocycles. The van der Waals surface area contributed by atoms with Gasteiger partial charge in [-0.1, -0.05) is 23.3 Å². The Morgan fingerprint density at radius 3 is 2.68 bits per heavy atom. The monoisotopic (exact) mass is 256 g/mol. The van der Waals surface area contributed by atoms with E-state index < -0.39 is 0 Å². The van der Waals surface area contributed by atoms with E-state index in [2.05, 4.69) is 12.1 Å². The Balaban J connectivity index is 1.74. The van der Waals surface area contributed by atoms with Gasteiger partial charge in [0.2, 0.25) is 0 Å². The van der Waals surface area contributed by atoms with Crippen molar-refractivity contribution in [3.8, 4) is 5.75 Å².